The molecular formula is C19H26F2N3S+. The number of rotatable bonds is 3. The standard InChI is InChI=1S/C19H25F2N3S/c1-11-7-19(25-2)22-10-18(11)24-6-5-15-17(24)9-16(23-15)13-4-3-12(20)8-14(13)21/h3-4,7-8,11,15-18,22-23H,5-6,9-10H2,1-2H3/p+1. The first-order chi connectivity index (χ1) is 12.1. The smallest absolute Gasteiger partial charge is 0.214 e. The summed E-state index contributed by atoms with van der Waals surface area (Å²) in [6.45, 7) is 4.36. The minimum absolute atomic E-state index is 0.0227. The Morgan fingerprint density at radius 3 is 2.80 bits per heavy atom. The highest BCUT2D eigenvalue weighted by Crippen LogP contribution is 2.38. The van der Waals surface area contributed by atoms with Crippen LogP contribution in [0.15, 0.2) is 29.3 Å². The molecule has 2 fully saturated rings. The van der Waals surface area contributed by atoms with E-state index in [1.165, 1.54) is 22.9 Å². The molecule has 1 aromatic rings. The van der Waals surface area contributed by atoms with Crippen LogP contribution in [0.2, 0.25) is 0 Å². The van der Waals surface area contributed by atoms with Crippen molar-refractivity contribution >= 4 is 11.8 Å². The van der Waals surface area contributed by atoms with Gasteiger partial charge in [0.1, 0.15) is 17.9 Å². The van der Waals surface area contributed by atoms with Crippen LogP contribution in [0, 0.1) is 17.6 Å². The first-order valence-corrected chi connectivity index (χ1v) is 10.4. The molecule has 0 aliphatic carbocycles. The van der Waals surface area contributed by atoms with Crippen molar-refractivity contribution in [1.29, 1.82) is 0 Å². The number of fused-ring (bicyclic) bond motifs is 1. The molecule has 0 amide bonds. The lowest BCUT2D eigenvalue weighted by atomic mass is 9.95. The SMILES string of the molecule is C[SH+]C1=CC(C)C(N2CCC3NC(c4ccc(F)cc4F)CC32)CN1. The van der Waals surface area contributed by atoms with Crippen molar-refractivity contribution in [3.05, 3.63) is 46.5 Å². The lowest BCUT2D eigenvalue weighted by Crippen LogP contribution is -2.51. The summed E-state index contributed by atoms with van der Waals surface area (Å²) in [7, 11) is 0. The highest BCUT2D eigenvalue weighted by atomic mass is 32.2. The zero-order valence-corrected chi connectivity index (χ0v) is 15.6. The van der Waals surface area contributed by atoms with E-state index in [-0.39, 0.29) is 6.04 Å². The quantitative estimate of drug-likeness (QED) is 0.635. The van der Waals surface area contributed by atoms with Crippen molar-refractivity contribution in [1.82, 2.24) is 15.5 Å². The first-order valence-electron chi connectivity index (χ1n) is 9.09. The summed E-state index contributed by atoms with van der Waals surface area (Å²) >= 11 is 1.29. The third-order valence-corrected chi connectivity index (χ3v) is 6.79. The van der Waals surface area contributed by atoms with Crippen molar-refractivity contribution < 1.29 is 8.78 Å². The highest BCUT2D eigenvalue weighted by molar-refractivity contribution is 7.81. The van der Waals surface area contributed by atoms with Gasteiger partial charge >= 0.3 is 0 Å². The van der Waals surface area contributed by atoms with E-state index in [2.05, 4.69) is 34.8 Å². The molecular weight excluding hydrogens is 340 g/mol. The average molecular weight is 367 g/mol. The molecule has 3 heterocycles. The van der Waals surface area contributed by atoms with E-state index >= 15 is 0 Å². The fourth-order valence-corrected chi connectivity index (χ4v) is 5.37. The van der Waals surface area contributed by atoms with Crippen LogP contribution in [0.5, 0.6) is 0 Å². The van der Waals surface area contributed by atoms with Gasteiger partial charge in [0.2, 0.25) is 5.03 Å². The highest BCUT2D eigenvalue weighted by Gasteiger charge is 2.46. The summed E-state index contributed by atoms with van der Waals surface area (Å²) in [5.74, 6) is -0.434. The molecule has 0 aromatic heterocycles. The Balaban J connectivity index is 1.49. The van der Waals surface area contributed by atoms with Crippen molar-refractivity contribution in [3.8, 4) is 0 Å². The number of hydrogen-bond acceptors (Lipinski definition) is 3. The Morgan fingerprint density at radius 1 is 1.24 bits per heavy atom. The molecule has 136 valence electrons. The molecule has 5 unspecified atom stereocenters. The second kappa shape index (κ2) is 6.89. The van der Waals surface area contributed by atoms with Gasteiger partial charge in [-0.05, 0) is 30.9 Å². The maximum Gasteiger partial charge on any atom is 0.214 e. The Labute approximate surface area is 152 Å². The van der Waals surface area contributed by atoms with Crippen molar-refractivity contribution in [2.45, 2.75) is 43.9 Å². The molecule has 0 saturated carbocycles. The van der Waals surface area contributed by atoms with E-state index in [1.807, 2.05) is 0 Å². The van der Waals surface area contributed by atoms with Gasteiger partial charge in [-0.25, -0.2) is 8.78 Å². The molecule has 0 bridgehead atoms. The van der Waals surface area contributed by atoms with Gasteiger partial charge in [-0.15, -0.1) is 0 Å². The van der Waals surface area contributed by atoms with E-state index < -0.39 is 11.6 Å². The van der Waals surface area contributed by atoms with Crippen LogP contribution < -0.4 is 10.6 Å². The van der Waals surface area contributed by atoms with Gasteiger partial charge < -0.3 is 10.6 Å². The molecule has 2 saturated heterocycles. The normalized spacial score (nSPS) is 35.4. The molecule has 3 nitrogen and oxygen atoms in total. The van der Waals surface area contributed by atoms with Gasteiger partial charge in [0.05, 0.1) is 0 Å². The number of thiol groups is 1. The third-order valence-electron chi connectivity index (χ3n) is 6.01. The van der Waals surface area contributed by atoms with E-state index in [1.54, 1.807) is 6.07 Å². The van der Waals surface area contributed by atoms with Crippen LogP contribution in [0.25, 0.3) is 0 Å². The Bertz CT molecular complexity index is 681. The van der Waals surface area contributed by atoms with Crippen molar-refractivity contribution in [3.63, 3.8) is 0 Å². The predicted octanol–water partition coefficient (Wildman–Crippen LogP) is 2.34. The van der Waals surface area contributed by atoms with Gasteiger partial charge in [0, 0.05) is 60.6 Å². The van der Waals surface area contributed by atoms with Crippen LogP contribution in [-0.4, -0.2) is 42.4 Å². The summed E-state index contributed by atoms with van der Waals surface area (Å²) in [4.78, 5) is 2.61. The van der Waals surface area contributed by atoms with Gasteiger partial charge in [-0.1, -0.05) is 13.0 Å². The maximum atomic E-state index is 14.2. The molecule has 4 rings (SSSR count). The number of benzene rings is 1. The molecule has 0 spiro atoms. The predicted molar refractivity (Wildman–Crippen MR) is 99.5 cm³/mol. The maximum absolute atomic E-state index is 14.2. The molecule has 5 atom stereocenters. The minimum atomic E-state index is -0.513. The zero-order chi connectivity index (χ0) is 17.6. The topological polar surface area (TPSA) is 27.3 Å². The number of halogens is 2. The molecule has 1 aromatic carbocycles. The largest absolute Gasteiger partial charge is 0.345 e. The van der Waals surface area contributed by atoms with Crippen molar-refractivity contribution in [2.75, 3.05) is 19.3 Å². The number of likely N-dealkylation sites (tertiary alicyclic amines) is 1. The monoisotopic (exact) mass is 366 g/mol. The fraction of sp³-hybridized carbons (Fsp3) is 0.579. The lowest BCUT2D eigenvalue weighted by molar-refractivity contribution is 0.142. The Morgan fingerprint density at radius 2 is 2.08 bits per heavy atom. The Hall–Kier alpha value is -1.11. The number of hydrogen-bond donors (Lipinski definition) is 2. The van der Waals surface area contributed by atoms with E-state index in [9.17, 15) is 8.78 Å². The fourth-order valence-electron chi connectivity index (χ4n) is 4.74. The molecule has 25 heavy (non-hydrogen) atoms. The number of nitrogens with zero attached hydrogens (tertiary/aromatic N) is 1. The van der Waals surface area contributed by atoms with Crippen LogP contribution in [0.3, 0.4) is 0 Å². The van der Waals surface area contributed by atoms with Gasteiger partial charge in [-0.2, -0.15) is 0 Å². The number of nitrogens with one attached hydrogen (secondary N) is 2. The molecule has 6 heteroatoms. The Kier molecular flexibility index (Phi) is 4.77. The van der Waals surface area contributed by atoms with E-state index in [0.717, 1.165) is 32.0 Å². The van der Waals surface area contributed by atoms with Crippen LogP contribution in [0.1, 0.15) is 31.4 Å². The summed E-state index contributed by atoms with van der Waals surface area (Å²) in [6, 6.07) is 5.23. The van der Waals surface area contributed by atoms with Crippen LogP contribution >= 0.6 is 0 Å². The summed E-state index contributed by atoms with van der Waals surface area (Å²) < 4.78 is 27.4. The summed E-state index contributed by atoms with van der Waals surface area (Å²) in [5, 5.41) is 8.46. The molecule has 2 N–H and O–H groups in total. The summed E-state index contributed by atoms with van der Waals surface area (Å²) in [6.07, 6.45) is 6.48. The second-order valence-electron chi connectivity index (χ2n) is 7.40. The van der Waals surface area contributed by atoms with Crippen LogP contribution in [0.4, 0.5) is 8.78 Å². The molecule has 3 aliphatic rings. The third kappa shape index (κ3) is 3.20. The van der Waals surface area contributed by atoms with Gasteiger partial charge in [-0.3, -0.25) is 4.90 Å². The van der Waals surface area contributed by atoms with E-state index in [4.69, 9.17) is 0 Å². The van der Waals surface area contributed by atoms with Crippen molar-refractivity contribution in [2.24, 2.45) is 5.92 Å². The van der Waals surface area contributed by atoms with Gasteiger partial charge in [0.15, 0.2) is 0 Å². The second-order valence-corrected chi connectivity index (χ2v) is 8.33. The first kappa shape index (κ1) is 17.3. The zero-order valence-electron chi connectivity index (χ0n) is 14.7. The summed E-state index contributed by atoms with van der Waals surface area (Å²) in [5.41, 5.74) is 0.595. The van der Waals surface area contributed by atoms with E-state index in [0.29, 0.717) is 29.6 Å². The van der Waals surface area contributed by atoms with Crippen LogP contribution in [-0.2, 0) is 11.8 Å². The van der Waals surface area contributed by atoms with Gasteiger partial charge in [0.25, 0.3) is 0 Å². The minimum Gasteiger partial charge on any atom is -0.345 e. The lowest BCUT2D eigenvalue weighted by Gasteiger charge is -2.37. The molecule has 0 radical (unpaired) electrons. The average Bonchev–Trinajstić information content (AvgIpc) is 3.15. The molecule has 3 aliphatic heterocycles.